The van der Waals surface area contributed by atoms with Crippen molar-refractivity contribution in [3.63, 3.8) is 0 Å². The summed E-state index contributed by atoms with van der Waals surface area (Å²) in [4.78, 5) is 29.3. The highest BCUT2D eigenvalue weighted by Gasteiger charge is 2.49. The number of rotatable bonds is 5. The van der Waals surface area contributed by atoms with E-state index in [4.69, 9.17) is 4.42 Å². The molecule has 2 aromatic heterocycles. The van der Waals surface area contributed by atoms with Gasteiger partial charge >= 0.3 is 0 Å². The summed E-state index contributed by atoms with van der Waals surface area (Å²) in [5.41, 5.74) is 4.66. The number of aromatic nitrogens is 2. The van der Waals surface area contributed by atoms with Crippen molar-refractivity contribution in [3.8, 4) is 11.5 Å². The number of carbonyl (C=O) groups is 2. The van der Waals surface area contributed by atoms with Crippen molar-refractivity contribution in [2.75, 3.05) is 4.90 Å². The van der Waals surface area contributed by atoms with Gasteiger partial charge in [-0.1, -0.05) is 42.0 Å². The van der Waals surface area contributed by atoms with E-state index < -0.39 is 5.54 Å². The third kappa shape index (κ3) is 3.93. The van der Waals surface area contributed by atoms with Gasteiger partial charge in [0.2, 0.25) is 5.91 Å². The second-order valence-corrected chi connectivity index (χ2v) is 9.35. The Bertz CT molecular complexity index is 1400. The number of nitrogens with zero attached hydrogens (tertiary/aromatic N) is 3. The van der Waals surface area contributed by atoms with Gasteiger partial charge in [-0.15, -0.1) is 0 Å². The van der Waals surface area contributed by atoms with Gasteiger partial charge in [0.25, 0.3) is 5.91 Å². The maximum absolute atomic E-state index is 13.9. The van der Waals surface area contributed by atoms with Gasteiger partial charge in [-0.25, -0.2) is 0 Å². The lowest BCUT2D eigenvalue weighted by molar-refractivity contribution is -0.126. The Morgan fingerprint density at radius 1 is 1.09 bits per heavy atom. The van der Waals surface area contributed by atoms with E-state index in [1.807, 2.05) is 63.2 Å². The summed E-state index contributed by atoms with van der Waals surface area (Å²) in [7, 11) is 0. The molecule has 4 aromatic rings. The average Bonchev–Trinajstić information content (AvgIpc) is 3.51. The van der Waals surface area contributed by atoms with Crippen molar-refractivity contribution in [1.29, 1.82) is 0 Å². The van der Waals surface area contributed by atoms with Gasteiger partial charge < -0.3 is 9.73 Å². The molecular formula is C28H28N4O3. The van der Waals surface area contributed by atoms with Gasteiger partial charge in [0.05, 0.1) is 12.8 Å². The molecule has 1 aliphatic rings. The fraction of sp³-hybridized carbons (Fsp3) is 0.250. The molecule has 2 amide bonds. The van der Waals surface area contributed by atoms with E-state index in [9.17, 15) is 9.59 Å². The Labute approximate surface area is 204 Å². The van der Waals surface area contributed by atoms with Gasteiger partial charge in [-0.05, 0) is 62.6 Å². The van der Waals surface area contributed by atoms with E-state index in [2.05, 4.69) is 10.4 Å². The summed E-state index contributed by atoms with van der Waals surface area (Å²) in [6.45, 7) is 8.38. The molecule has 3 heterocycles. The van der Waals surface area contributed by atoms with Crippen LogP contribution in [0.5, 0.6) is 0 Å². The second kappa shape index (κ2) is 8.58. The zero-order valence-electron chi connectivity index (χ0n) is 20.3. The predicted molar refractivity (Wildman–Crippen MR) is 134 cm³/mol. The molecule has 2 aromatic carbocycles. The van der Waals surface area contributed by atoms with Crippen molar-refractivity contribution >= 4 is 17.5 Å². The van der Waals surface area contributed by atoms with Crippen LogP contribution in [0, 0.1) is 20.8 Å². The van der Waals surface area contributed by atoms with Crippen molar-refractivity contribution < 1.29 is 14.0 Å². The summed E-state index contributed by atoms with van der Waals surface area (Å²) >= 11 is 0. The van der Waals surface area contributed by atoms with E-state index in [-0.39, 0.29) is 18.4 Å². The SMILES string of the molecule is Cc1ccc(CNC(=O)C2(C)Cn3nc(-c4ccco4)cc3C(=O)N2c2cccc(C)c2C)cc1. The number of furan rings is 1. The molecule has 1 unspecified atom stereocenters. The molecule has 7 nitrogen and oxygen atoms in total. The number of fused-ring (bicyclic) bond motifs is 1. The number of aryl methyl sites for hydroxylation is 2. The Balaban J connectivity index is 1.56. The summed E-state index contributed by atoms with van der Waals surface area (Å²) in [5.74, 6) is 0.0554. The molecule has 0 saturated carbocycles. The fourth-order valence-electron chi connectivity index (χ4n) is 4.56. The van der Waals surface area contributed by atoms with Gasteiger partial charge in [-0.2, -0.15) is 5.10 Å². The maximum atomic E-state index is 13.9. The van der Waals surface area contributed by atoms with Gasteiger partial charge in [0, 0.05) is 18.3 Å². The molecule has 7 heteroatoms. The minimum Gasteiger partial charge on any atom is -0.463 e. The number of hydrogen-bond donors (Lipinski definition) is 1. The van der Waals surface area contributed by atoms with Crippen LogP contribution >= 0.6 is 0 Å². The van der Waals surface area contributed by atoms with Crippen LogP contribution in [-0.4, -0.2) is 27.1 Å². The Morgan fingerprint density at radius 3 is 2.57 bits per heavy atom. The molecule has 0 aliphatic carbocycles. The van der Waals surface area contributed by atoms with Crippen LogP contribution in [0.3, 0.4) is 0 Å². The molecule has 0 bridgehead atoms. The lowest BCUT2D eigenvalue weighted by atomic mass is 9.92. The molecule has 0 saturated heterocycles. The topological polar surface area (TPSA) is 80.4 Å². The highest BCUT2D eigenvalue weighted by molar-refractivity contribution is 6.12. The number of amides is 2. The summed E-state index contributed by atoms with van der Waals surface area (Å²) in [6.07, 6.45) is 1.57. The van der Waals surface area contributed by atoms with Crippen LogP contribution in [0.15, 0.2) is 71.3 Å². The Kier molecular flexibility index (Phi) is 5.55. The van der Waals surface area contributed by atoms with Crippen molar-refractivity contribution in [3.05, 3.63) is 94.9 Å². The lowest BCUT2D eigenvalue weighted by Gasteiger charge is -2.43. The minimum atomic E-state index is -1.19. The molecule has 0 spiro atoms. The van der Waals surface area contributed by atoms with Crippen LogP contribution in [0.2, 0.25) is 0 Å². The normalized spacial score (nSPS) is 17.4. The van der Waals surface area contributed by atoms with E-state index in [0.29, 0.717) is 23.7 Å². The lowest BCUT2D eigenvalue weighted by Crippen LogP contribution is -2.64. The van der Waals surface area contributed by atoms with Crippen molar-refractivity contribution in [2.45, 2.75) is 46.3 Å². The van der Waals surface area contributed by atoms with E-state index in [1.165, 1.54) is 0 Å². The van der Waals surface area contributed by atoms with Crippen LogP contribution in [0.1, 0.15) is 39.7 Å². The van der Waals surface area contributed by atoms with Crippen LogP contribution in [0.4, 0.5) is 5.69 Å². The Hall–Kier alpha value is -4.13. The zero-order valence-corrected chi connectivity index (χ0v) is 20.3. The Morgan fingerprint density at radius 2 is 1.86 bits per heavy atom. The third-order valence-corrected chi connectivity index (χ3v) is 6.81. The maximum Gasteiger partial charge on any atom is 0.277 e. The fourth-order valence-corrected chi connectivity index (χ4v) is 4.56. The number of anilines is 1. The largest absolute Gasteiger partial charge is 0.463 e. The molecule has 1 aliphatic heterocycles. The van der Waals surface area contributed by atoms with Crippen LogP contribution in [-0.2, 0) is 17.9 Å². The van der Waals surface area contributed by atoms with Crippen LogP contribution in [0.25, 0.3) is 11.5 Å². The first-order valence-electron chi connectivity index (χ1n) is 11.6. The molecule has 178 valence electrons. The standard InChI is InChI=1S/C28H28N4O3/c1-18-10-12-21(13-11-18)16-29-27(34)28(4)17-31-24(15-22(30-31)25-9-6-14-35-25)26(33)32(28)23-8-5-7-19(2)20(23)3/h5-15H,16-17H2,1-4H3,(H,29,34). The van der Waals surface area contributed by atoms with E-state index >= 15 is 0 Å². The molecule has 5 rings (SSSR count). The minimum absolute atomic E-state index is 0.210. The third-order valence-electron chi connectivity index (χ3n) is 6.81. The first-order valence-corrected chi connectivity index (χ1v) is 11.6. The van der Waals surface area contributed by atoms with E-state index in [1.54, 1.807) is 41.0 Å². The molecule has 0 fully saturated rings. The molecule has 35 heavy (non-hydrogen) atoms. The molecular weight excluding hydrogens is 440 g/mol. The zero-order chi connectivity index (χ0) is 24.7. The molecule has 0 radical (unpaired) electrons. The summed E-state index contributed by atoms with van der Waals surface area (Å²) in [6, 6.07) is 19.1. The number of nitrogens with one attached hydrogen (secondary N) is 1. The highest BCUT2D eigenvalue weighted by Crippen LogP contribution is 2.36. The second-order valence-electron chi connectivity index (χ2n) is 9.35. The van der Waals surface area contributed by atoms with E-state index in [0.717, 1.165) is 27.9 Å². The smallest absolute Gasteiger partial charge is 0.277 e. The van der Waals surface area contributed by atoms with Gasteiger partial charge in [0.15, 0.2) is 5.76 Å². The van der Waals surface area contributed by atoms with Gasteiger partial charge in [-0.3, -0.25) is 19.2 Å². The van der Waals surface area contributed by atoms with Gasteiger partial charge in [0.1, 0.15) is 16.9 Å². The monoisotopic (exact) mass is 468 g/mol. The molecule has 1 atom stereocenters. The first kappa shape index (κ1) is 22.7. The summed E-state index contributed by atoms with van der Waals surface area (Å²) < 4.78 is 7.11. The highest BCUT2D eigenvalue weighted by atomic mass is 16.3. The predicted octanol–water partition coefficient (Wildman–Crippen LogP) is 4.80. The average molecular weight is 469 g/mol. The number of benzene rings is 2. The number of hydrogen-bond acceptors (Lipinski definition) is 4. The quantitative estimate of drug-likeness (QED) is 0.456. The molecule has 1 N–H and O–H groups in total. The number of carbonyl (C=O) groups excluding carboxylic acids is 2. The summed E-state index contributed by atoms with van der Waals surface area (Å²) in [5, 5.41) is 7.67. The van der Waals surface area contributed by atoms with Crippen LogP contribution < -0.4 is 10.2 Å². The van der Waals surface area contributed by atoms with Crippen molar-refractivity contribution in [2.24, 2.45) is 0 Å². The van der Waals surface area contributed by atoms with Crippen molar-refractivity contribution in [1.82, 2.24) is 15.1 Å². The first-order chi connectivity index (χ1) is 16.8.